The third-order valence-electron chi connectivity index (χ3n) is 3.98. The lowest BCUT2D eigenvalue weighted by atomic mass is 9.73. The molecule has 2 rings (SSSR count). The van der Waals surface area contributed by atoms with Crippen molar-refractivity contribution in [3.8, 4) is 0 Å². The fourth-order valence-electron chi connectivity index (χ4n) is 2.94. The van der Waals surface area contributed by atoms with E-state index in [1.54, 1.807) is 18.2 Å². The molecule has 0 aliphatic heterocycles. The highest BCUT2D eigenvalue weighted by atomic mass is 19.4. The SMILES string of the molecule is CNC(CC1Cc2ccccc21)C(C(F)(F)F)C(F)(F)F. The second kappa shape index (κ2) is 5.51. The average Bonchev–Trinajstić information content (AvgIpc) is 2.31. The lowest BCUT2D eigenvalue weighted by molar-refractivity contribution is -0.292. The number of alkyl halides is 6. The van der Waals surface area contributed by atoms with Gasteiger partial charge in [-0.1, -0.05) is 24.3 Å². The molecule has 0 amide bonds. The molecule has 0 heterocycles. The van der Waals surface area contributed by atoms with Crippen molar-refractivity contribution in [3.05, 3.63) is 35.4 Å². The molecule has 118 valence electrons. The molecule has 0 fully saturated rings. The highest BCUT2D eigenvalue weighted by Gasteiger charge is 2.60. The molecule has 1 aromatic carbocycles. The van der Waals surface area contributed by atoms with E-state index in [-0.39, 0.29) is 12.3 Å². The average molecular weight is 311 g/mol. The Morgan fingerprint density at radius 3 is 2.14 bits per heavy atom. The molecule has 0 spiro atoms. The van der Waals surface area contributed by atoms with Crippen LogP contribution in [0.1, 0.15) is 23.5 Å². The maximum absolute atomic E-state index is 12.8. The predicted octanol–water partition coefficient (Wildman–Crippen LogP) is 4.05. The summed E-state index contributed by atoms with van der Waals surface area (Å²) in [4.78, 5) is 0. The molecule has 0 radical (unpaired) electrons. The second-order valence-corrected chi connectivity index (χ2v) is 5.29. The van der Waals surface area contributed by atoms with Gasteiger partial charge in [0.1, 0.15) is 0 Å². The summed E-state index contributed by atoms with van der Waals surface area (Å²) in [7, 11) is 1.14. The van der Waals surface area contributed by atoms with E-state index in [2.05, 4.69) is 5.32 Å². The van der Waals surface area contributed by atoms with Crippen LogP contribution in [0.25, 0.3) is 0 Å². The summed E-state index contributed by atoms with van der Waals surface area (Å²) in [5, 5.41) is 2.21. The van der Waals surface area contributed by atoms with Crippen LogP contribution in [-0.4, -0.2) is 25.4 Å². The van der Waals surface area contributed by atoms with Gasteiger partial charge in [0.05, 0.1) is 0 Å². The molecule has 7 heteroatoms. The minimum absolute atomic E-state index is 0.183. The Morgan fingerprint density at radius 1 is 1.10 bits per heavy atom. The molecule has 0 bridgehead atoms. The van der Waals surface area contributed by atoms with Crippen LogP contribution in [0.5, 0.6) is 0 Å². The second-order valence-electron chi connectivity index (χ2n) is 5.29. The van der Waals surface area contributed by atoms with Gasteiger partial charge in [0.25, 0.3) is 0 Å². The van der Waals surface area contributed by atoms with Crippen LogP contribution in [0, 0.1) is 5.92 Å². The zero-order valence-corrected chi connectivity index (χ0v) is 11.2. The van der Waals surface area contributed by atoms with E-state index in [0.29, 0.717) is 6.42 Å². The van der Waals surface area contributed by atoms with Crippen molar-refractivity contribution in [1.29, 1.82) is 0 Å². The third kappa shape index (κ3) is 3.33. The normalized spacial score (nSPS) is 20.1. The third-order valence-corrected chi connectivity index (χ3v) is 3.98. The first-order valence-corrected chi connectivity index (χ1v) is 6.53. The molecular formula is C14H15F6N. The molecule has 2 unspecified atom stereocenters. The Balaban J connectivity index is 2.16. The van der Waals surface area contributed by atoms with Crippen molar-refractivity contribution < 1.29 is 26.3 Å². The summed E-state index contributed by atoms with van der Waals surface area (Å²) >= 11 is 0. The number of fused-ring (bicyclic) bond motifs is 1. The highest BCUT2D eigenvalue weighted by Crippen LogP contribution is 2.46. The van der Waals surface area contributed by atoms with Gasteiger partial charge in [-0.15, -0.1) is 0 Å². The number of hydrogen-bond acceptors (Lipinski definition) is 1. The van der Waals surface area contributed by atoms with Crippen molar-refractivity contribution in [1.82, 2.24) is 5.32 Å². The number of benzene rings is 1. The monoisotopic (exact) mass is 311 g/mol. The largest absolute Gasteiger partial charge is 0.401 e. The molecule has 1 aromatic rings. The standard InChI is InChI=1S/C14H15F6N/c1-21-11(12(13(15,16)17)14(18,19)20)7-9-6-8-4-2-3-5-10(8)9/h2-5,9,11-12,21H,6-7H2,1H3. The molecule has 0 aromatic heterocycles. The zero-order valence-electron chi connectivity index (χ0n) is 11.2. The first-order chi connectivity index (χ1) is 9.64. The van der Waals surface area contributed by atoms with Gasteiger partial charge < -0.3 is 5.32 Å². The quantitative estimate of drug-likeness (QED) is 0.827. The predicted molar refractivity (Wildman–Crippen MR) is 66.0 cm³/mol. The minimum Gasteiger partial charge on any atom is -0.316 e. The molecule has 2 atom stereocenters. The van der Waals surface area contributed by atoms with Gasteiger partial charge in [-0.05, 0) is 36.9 Å². The van der Waals surface area contributed by atoms with Crippen LogP contribution in [0.15, 0.2) is 24.3 Å². The molecule has 1 aliphatic carbocycles. The maximum atomic E-state index is 12.8. The molecule has 0 saturated heterocycles. The van der Waals surface area contributed by atoms with Gasteiger partial charge in [-0.25, -0.2) is 0 Å². The van der Waals surface area contributed by atoms with Crippen LogP contribution in [0.2, 0.25) is 0 Å². The summed E-state index contributed by atoms with van der Waals surface area (Å²) < 4.78 is 76.6. The Hall–Kier alpha value is -1.24. The van der Waals surface area contributed by atoms with E-state index in [0.717, 1.165) is 18.2 Å². The molecular weight excluding hydrogens is 296 g/mol. The van der Waals surface area contributed by atoms with Gasteiger partial charge in [-0.2, -0.15) is 26.3 Å². The lowest BCUT2D eigenvalue weighted by Crippen LogP contribution is -2.51. The van der Waals surface area contributed by atoms with Gasteiger partial charge >= 0.3 is 12.4 Å². The summed E-state index contributed by atoms with van der Waals surface area (Å²) in [6.45, 7) is 0. The lowest BCUT2D eigenvalue weighted by Gasteiger charge is -2.37. The fourth-order valence-corrected chi connectivity index (χ4v) is 2.94. The van der Waals surface area contributed by atoms with Crippen molar-refractivity contribution in [2.45, 2.75) is 37.2 Å². The topological polar surface area (TPSA) is 12.0 Å². The van der Waals surface area contributed by atoms with E-state index >= 15 is 0 Å². The molecule has 0 saturated carbocycles. The summed E-state index contributed by atoms with van der Waals surface area (Å²) in [6.07, 6.45) is -10.3. The van der Waals surface area contributed by atoms with Gasteiger partial charge in [-0.3, -0.25) is 0 Å². The van der Waals surface area contributed by atoms with E-state index < -0.39 is 24.3 Å². The van der Waals surface area contributed by atoms with E-state index in [9.17, 15) is 26.3 Å². The van der Waals surface area contributed by atoms with E-state index in [1.807, 2.05) is 6.07 Å². The first-order valence-electron chi connectivity index (χ1n) is 6.53. The number of halogens is 6. The van der Waals surface area contributed by atoms with E-state index in [1.165, 1.54) is 0 Å². The summed E-state index contributed by atoms with van der Waals surface area (Å²) in [5.74, 6) is -3.60. The summed E-state index contributed by atoms with van der Waals surface area (Å²) in [5.41, 5.74) is 1.84. The van der Waals surface area contributed by atoms with Crippen molar-refractivity contribution in [2.75, 3.05) is 7.05 Å². The summed E-state index contributed by atoms with van der Waals surface area (Å²) in [6, 6.07) is 5.46. The molecule has 1 nitrogen and oxygen atoms in total. The smallest absolute Gasteiger partial charge is 0.316 e. The fraction of sp³-hybridized carbons (Fsp3) is 0.571. The van der Waals surface area contributed by atoms with Crippen LogP contribution in [-0.2, 0) is 6.42 Å². The highest BCUT2D eigenvalue weighted by molar-refractivity contribution is 5.40. The molecule has 21 heavy (non-hydrogen) atoms. The Morgan fingerprint density at radius 2 is 1.67 bits per heavy atom. The van der Waals surface area contributed by atoms with Gasteiger partial charge in [0, 0.05) is 6.04 Å². The molecule has 1 aliphatic rings. The van der Waals surface area contributed by atoms with Crippen LogP contribution >= 0.6 is 0 Å². The van der Waals surface area contributed by atoms with Crippen LogP contribution in [0.3, 0.4) is 0 Å². The van der Waals surface area contributed by atoms with Crippen molar-refractivity contribution in [2.24, 2.45) is 5.92 Å². The van der Waals surface area contributed by atoms with Gasteiger partial charge in [0.15, 0.2) is 5.92 Å². The Bertz CT molecular complexity index is 479. The maximum Gasteiger partial charge on any atom is 0.401 e. The number of hydrogen-bond donors (Lipinski definition) is 1. The van der Waals surface area contributed by atoms with Gasteiger partial charge in [0.2, 0.25) is 0 Å². The number of nitrogens with one attached hydrogen (secondary N) is 1. The van der Waals surface area contributed by atoms with Crippen LogP contribution in [0.4, 0.5) is 26.3 Å². The number of rotatable bonds is 4. The van der Waals surface area contributed by atoms with Crippen LogP contribution < -0.4 is 5.32 Å². The first kappa shape index (κ1) is 16.1. The Kier molecular flexibility index (Phi) is 4.24. The zero-order chi connectivity index (χ0) is 15.8. The Labute approximate surface area is 118 Å². The van der Waals surface area contributed by atoms with E-state index in [4.69, 9.17) is 0 Å². The minimum atomic E-state index is -5.31. The van der Waals surface area contributed by atoms with Crippen molar-refractivity contribution in [3.63, 3.8) is 0 Å². The van der Waals surface area contributed by atoms with Crippen molar-refractivity contribution >= 4 is 0 Å². The molecule has 1 N–H and O–H groups in total.